The van der Waals surface area contributed by atoms with E-state index < -0.39 is 5.60 Å². The highest BCUT2D eigenvalue weighted by molar-refractivity contribution is 5.93. The zero-order valence-corrected chi connectivity index (χ0v) is 12.2. The lowest BCUT2D eigenvalue weighted by Crippen LogP contribution is -2.61. The number of likely N-dealkylation sites (tertiary alicyclic amines) is 1. The summed E-state index contributed by atoms with van der Waals surface area (Å²) in [5, 5.41) is 14.1. The molecule has 1 N–H and O–H groups in total. The van der Waals surface area contributed by atoms with Gasteiger partial charge in [0.2, 0.25) is 0 Å². The minimum atomic E-state index is -0.733. The summed E-state index contributed by atoms with van der Waals surface area (Å²) in [6, 6.07) is 2.19. The number of aryl methyl sites for hydroxylation is 1. The lowest BCUT2D eigenvalue weighted by atomic mass is 9.96. The second-order valence-electron chi connectivity index (χ2n) is 5.74. The Labute approximate surface area is 114 Å². The number of carbonyl (C=O) groups is 1. The standard InChI is InChI=1S/C14H23N3O2/c1-5-11(6-2)17-10(3)7-12(15-17)13(18)16-8-14(4,19)9-16/h7,11,19H,5-6,8-9H2,1-4H3. The number of β-amino-alcohol motifs (C(OH)–C–C–N with tert-alkyl or cyclic N) is 1. The molecule has 0 atom stereocenters. The molecule has 5 nitrogen and oxygen atoms in total. The van der Waals surface area contributed by atoms with Crippen molar-refractivity contribution in [3.05, 3.63) is 17.5 Å². The third kappa shape index (κ3) is 2.66. The van der Waals surface area contributed by atoms with E-state index in [1.54, 1.807) is 11.8 Å². The Morgan fingerprint density at radius 3 is 2.53 bits per heavy atom. The van der Waals surface area contributed by atoms with Crippen LogP contribution in [0.25, 0.3) is 0 Å². The minimum absolute atomic E-state index is 0.0840. The van der Waals surface area contributed by atoms with Gasteiger partial charge < -0.3 is 10.0 Å². The first-order chi connectivity index (χ1) is 8.88. The second kappa shape index (κ2) is 4.96. The van der Waals surface area contributed by atoms with E-state index in [-0.39, 0.29) is 5.91 Å². The lowest BCUT2D eigenvalue weighted by Gasteiger charge is -2.43. The summed E-state index contributed by atoms with van der Waals surface area (Å²) in [6.45, 7) is 8.76. The number of aromatic nitrogens is 2. The molecule has 19 heavy (non-hydrogen) atoms. The summed E-state index contributed by atoms with van der Waals surface area (Å²) in [4.78, 5) is 13.9. The Morgan fingerprint density at radius 2 is 2.05 bits per heavy atom. The number of amides is 1. The van der Waals surface area contributed by atoms with Crippen LogP contribution in [0.3, 0.4) is 0 Å². The maximum absolute atomic E-state index is 12.2. The Bertz CT molecular complexity index is 467. The molecule has 1 fully saturated rings. The van der Waals surface area contributed by atoms with E-state index >= 15 is 0 Å². The van der Waals surface area contributed by atoms with Gasteiger partial charge in [0.05, 0.1) is 24.7 Å². The molecule has 1 aromatic rings. The first kappa shape index (κ1) is 14.1. The first-order valence-electron chi connectivity index (χ1n) is 6.95. The predicted octanol–water partition coefficient (Wildman–Crippen LogP) is 1.76. The third-order valence-corrected chi connectivity index (χ3v) is 3.78. The number of carbonyl (C=O) groups excluding carboxylic acids is 1. The molecule has 106 valence electrons. The van der Waals surface area contributed by atoms with Crippen molar-refractivity contribution in [3.63, 3.8) is 0 Å². The number of rotatable bonds is 4. The molecule has 2 heterocycles. The van der Waals surface area contributed by atoms with E-state index in [0.717, 1.165) is 18.5 Å². The van der Waals surface area contributed by atoms with E-state index in [9.17, 15) is 9.90 Å². The maximum atomic E-state index is 12.2. The van der Waals surface area contributed by atoms with Gasteiger partial charge in [0.15, 0.2) is 5.69 Å². The van der Waals surface area contributed by atoms with Crippen molar-refractivity contribution in [2.45, 2.75) is 52.2 Å². The molecule has 1 aliphatic heterocycles. The molecular formula is C14H23N3O2. The molecule has 5 heteroatoms. The Morgan fingerprint density at radius 1 is 1.47 bits per heavy atom. The second-order valence-corrected chi connectivity index (χ2v) is 5.74. The van der Waals surface area contributed by atoms with Crippen LogP contribution in [0.15, 0.2) is 6.07 Å². The Balaban J connectivity index is 2.14. The van der Waals surface area contributed by atoms with Crippen LogP contribution in [0.2, 0.25) is 0 Å². The van der Waals surface area contributed by atoms with Gasteiger partial charge >= 0.3 is 0 Å². The van der Waals surface area contributed by atoms with Gasteiger partial charge in [-0.2, -0.15) is 5.10 Å². The van der Waals surface area contributed by atoms with Crippen molar-refractivity contribution in [1.29, 1.82) is 0 Å². The molecule has 0 unspecified atom stereocenters. The molecule has 2 rings (SSSR count). The first-order valence-corrected chi connectivity index (χ1v) is 6.95. The number of hydrogen-bond donors (Lipinski definition) is 1. The van der Waals surface area contributed by atoms with Crippen LogP contribution < -0.4 is 0 Å². The Hall–Kier alpha value is -1.36. The highest BCUT2D eigenvalue weighted by Gasteiger charge is 2.40. The van der Waals surface area contributed by atoms with Crippen LogP contribution in [0, 0.1) is 6.92 Å². The molecule has 1 aromatic heterocycles. The molecule has 0 saturated carbocycles. The van der Waals surface area contributed by atoms with Gasteiger partial charge in [-0.3, -0.25) is 9.48 Å². The molecule has 0 bridgehead atoms. The van der Waals surface area contributed by atoms with Crippen molar-refractivity contribution in [2.75, 3.05) is 13.1 Å². The summed E-state index contributed by atoms with van der Waals surface area (Å²) < 4.78 is 1.95. The van der Waals surface area contributed by atoms with Crippen LogP contribution in [0.4, 0.5) is 0 Å². The average Bonchev–Trinajstić information content (AvgIpc) is 2.69. The van der Waals surface area contributed by atoms with Crippen LogP contribution >= 0.6 is 0 Å². The van der Waals surface area contributed by atoms with Gasteiger partial charge in [-0.05, 0) is 32.8 Å². The summed E-state index contributed by atoms with van der Waals surface area (Å²) in [5.41, 5.74) is 0.770. The van der Waals surface area contributed by atoms with Crippen molar-refractivity contribution in [1.82, 2.24) is 14.7 Å². The van der Waals surface area contributed by atoms with E-state index in [1.165, 1.54) is 0 Å². The molecule has 0 radical (unpaired) electrons. The summed E-state index contributed by atoms with van der Waals surface area (Å²) in [7, 11) is 0. The molecule has 0 aliphatic carbocycles. The number of aliphatic hydroxyl groups is 1. The van der Waals surface area contributed by atoms with Crippen molar-refractivity contribution < 1.29 is 9.90 Å². The van der Waals surface area contributed by atoms with Crippen LogP contribution in [-0.2, 0) is 0 Å². The largest absolute Gasteiger partial charge is 0.386 e. The smallest absolute Gasteiger partial charge is 0.274 e. The fourth-order valence-corrected chi connectivity index (χ4v) is 2.68. The highest BCUT2D eigenvalue weighted by atomic mass is 16.3. The van der Waals surface area contributed by atoms with Gasteiger partial charge in [0, 0.05) is 5.69 Å². The zero-order valence-electron chi connectivity index (χ0n) is 12.2. The van der Waals surface area contributed by atoms with E-state index in [0.29, 0.717) is 24.8 Å². The highest BCUT2D eigenvalue weighted by Crippen LogP contribution is 2.23. The maximum Gasteiger partial charge on any atom is 0.274 e. The van der Waals surface area contributed by atoms with Crippen LogP contribution in [0.1, 0.15) is 55.8 Å². The van der Waals surface area contributed by atoms with Crippen LogP contribution in [0.5, 0.6) is 0 Å². The normalized spacial score (nSPS) is 17.7. The van der Waals surface area contributed by atoms with Crippen molar-refractivity contribution >= 4 is 5.91 Å². The van der Waals surface area contributed by atoms with Gasteiger partial charge in [-0.15, -0.1) is 0 Å². The molecular weight excluding hydrogens is 242 g/mol. The van der Waals surface area contributed by atoms with E-state index in [2.05, 4.69) is 18.9 Å². The number of nitrogens with zero attached hydrogens (tertiary/aromatic N) is 3. The van der Waals surface area contributed by atoms with Crippen molar-refractivity contribution in [2.24, 2.45) is 0 Å². The van der Waals surface area contributed by atoms with E-state index in [4.69, 9.17) is 0 Å². The molecule has 1 aliphatic rings. The zero-order chi connectivity index (χ0) is 14.2. The summed E-state index contributed by atoms with van der Waals surface area (Å²) in [5.74, 6) is -0.0840. The molecule has 0 spiro atoms. The molecule has 0 aromatic carbocycles. The monoisotopic (exact) mass is 265 g/mol. The SMILES string of the molecule is CCC(CC)n1nc(C(=O)N2CC(C)(O)C2)cc1C. The summed E-state index contributed by atoms with van der Waals surface area (Å²) >= 11 is 0. The molecule has 1 amide bonds. The minimum Gasteiger partial charge on any atom is -0.386 e. The molecule has 1 saturated heterocycles. The van der Waals surface area contributed by atoms with Crippen LogP contribution in [-0.4, -0.2) is 44.4 Å². The average molecular weight is 265 g/mol. The van der Waals surface area contributed by atoms with Crippen molar-refractivity contribution in [3.8, 4) is 0 Å². The van der Waals surface area contributed by atoms with Gasteiger partial charge in [-0.1, -0.05) is 13.8 Å². The fraction of sp³-hybridized carbons (Fsp3) is 0.714. The summed E-state index contributed by atoms with van der Waals surface area (Å²) in [6.07, 6.45) is 2.01. The van der Waals surface area contributed by atoms with E-state index in [1.807, 2.05) is 17.7 Å². The van der Waals surface area contributed by atoms with Gasteiger partial charge in [-0.25, -0.2) is 0 Å². The predicted molar refractivity (Wildman–Crippen MR) is 73.1 cm³/mol. The number of hydrogen-bond acceptors (Lipinski definition) is 3. The van der Waals surface area contributed by atoms with Gasteiger partial charge in [0.1, 0.15) is 0 Å². The fourth-order valence-electron chi connectivity index (χ4n) is 2.68. The topological polar surface area (TPSA) is 58.4 Å². The lowest BCUT2D eigenvalue weighted by molar-refractivity contribution is -0.0671. The third-order valence-electron chi connectivity index (χ3n) is 3.78. The quantitative estimate of drug-likeness (QED) is 0.902. The Kier molecular flexibility index (Phi) is 3.67. The van der Waals surface area contributed by atoms with Gasteiger partial charge in [0.25, 0.3) is 5.91 Å².